The van der Waals surface area contributed by atoms with Gasteiger partial charge in [0.15, 0.2) is 6.54 Å². The summed E-state index contributed by atoms with van der Waals surface area (Å²) in [7, 11) is 0. The number of hydrogen-bond donors (Lipinski definition) is 4. The van der Waals surface area contributed by atoms with Gasteiger partial charge in [-0.2, -0.15) is 5.06 Å². The second kappa shape index (κ2) is 13.5. The Morgan fingerprint density at radius 2 is 1.52 bits per heavy atom. The Morgan fingerprint density at radius 1 is 0.886 bits per heavy atom. The van der Waals surface area contributed by atoms with E-state index in [4.69, 9.17) is 23.2 Å². The second-order valence-corrected chi connectivity index (χ2v) is 13.4. The molecule has 1 aliphatic heterocycles. The lowest BCUT2D eigenvalue weighted by atomic mass is 9.94. The van der Waals surface area contributed by atoms with Crippen LogP contribution in [-0.4, -0.2) is 49.5 Å². The van der Waals surface area contributed by atoms with Gasteiger partial charge in [0.05, 0.1) is 0 Å². The van der Waals surface area contributed by atoms with Crippen molar-refractivity contribution in [3.63, 3.8) is 0 Å². The van der Waals surface area contributed by atoms with Crippen molar-refractivity contribution in [1.82, 2.24) is 15.0 Å². The van der Waals surface area contributed by atoms with E-state index >= 15 is 0 Å². The first kappa shape index (κ1) is 30.9. The van der Waals surface area contributed by atoms with Crippen LogP contribution in [0.1, 0.15) is 36.8 Å². The van der Waals surface area contributed by atoms with Crippen LogP contribution in [0.3, 0.4) is 0 Å². The molecule has 6 aromatic rings. The number of hydrogen-bond acceptors (Lipinski definition) is 3. The van der Waals surface area contributed by atoms with Gasteiger partial charge in [0.25, 0.3) is 0 Å². The fourth-order valence-electron chi connectivity index (χ4n) is 5.61. The van der Waals surface area contributed by atoms with Crippen molar-refractivity contribution in [3.05, 3.63) is 138 Å². The van der Waals surface area contributed by atoms with E-state index in [9.17, 15) is 10.4 Å². The number of benzene rings is 4. The van der Waals surface area contributed by atoms with E-state index in [1.807, 2.05) is 60.8 Å². The summed E-state index contributed by atoms with van der Waals surface area (Å²) in [6.45, 7) is 1.13. The van der Waals surface area contributed by atoms with Crippen LogP contribution in [0.2, 0.25) is 10.0 Å². The SMILES string of the molecule is O/[N+](=C\c1ccc(Cl)cc1)CCc1c[nH]c2ccc(Br)cc12.ON1CCc2c([nH]c3ccc(Br)cc23)[C@@H]1c1ccc(Cl)cc1.[2HH].[2HH]. The molecule has 0 saturated carbocycles. The summed E-state index contributed by atoms with van der Waals surface area (Å²) in [5, 5.41) is 25.6. The molecule has 7 rings (SSSR count). The summed E-state index contributed by atoms with van der Waals surface area (Å²) >= 11 is 18.9. The minimum Gasteiger partial charge on any atom is -0.361 e. The maximum absolute atomic E-state index is 10.4. The zero-order valence-electron chi connectivity index (χ0n) is 23.4. The molecule has 6 nitrogen and oxygen atoms in total. The number of rotatable bonds is 5. The molecule has 0 unspecified atom stereocenters. The Balaban J connectivity index is 0.000000200. The van der Waals surface area contributed by atoms with Gasteiger partial charge in [0.1, 0.15) is 6.04 Å². The predicted molar refractivity (Wildman–Crippen MR) is 189 cm³/mol. The van der Waals surface area contributed by atoms with Gasteiger partial charge in [-0.05, 0) is 101 Å². The summed E-state index contributed by atoms with van der Waals surface area (Å²) in [4.78, 5) is 6.73. The highest BCUT2D eigenvalue weighted by Gasteiger charge is 2.31. The van der Waals surface area contributed by atoms with Gasteiger partial charge in [0.2, 0.25) is 6.21 Å². The standard InChI is InChI=1S/C17H14BrClN2O.C17H15BrClN2O.2H2/c18-11-3-6-15-14(9-11)13-7-8-21(22)17(16(13)20-15)10-1-4-12(19)5-2-10;18-14-3-6-17-16(9-14)13(10-20-17)7-8-21(22)11-12-1-4-15(19)5-2-12;;/h1-6,9,17,20,22H,7-8H2;1-6,9-11,20,22H,7-8H2;2*1H/q;+1;;/b;21-11-;;/t17-;;;/m0.../s1/i;;2*1+1. The molecule has 0 saturated heterocycles. The highest BCUT2D eigenvalue weighted by Crippen LogP contribution is 2.38. The molecule has 0 fully saturated rings. The number of aromatic nitrogens is 2. The van der Waals surface area contributed by atoms with Crippen molar-refractivity contribution in [2.24, 2.45) is 0 Å². The smallest absolute Gasteiger partial charge is 0.222 e. The molecule has 10 heteroatoms. The summed E-state index contributed by atoms with van der Waals surface area (Å²) < 4.78 is 3.32. The largest absolute Gasteiger partial charge is 0.361 e. The third-order valence-corrected chi connectivity index (χ3v) is 9.25. The molecule has 0 amide bonds. The molecule has 4 N–H and O–H groups in total. The number of nitrogens with one attached hydrogen (secondary N) is 2. The number of fused-ring (bicyclic) bond motifs is 4. The lowest BCUT2D eigenvalue weighted by Crippen LogP contribution is -2.33. The molecule has 0 aliphatic carbocycles. The molecule has 2 aromatic heterocycles. The average molecular weight is 762 g/mol. The van der Waals surface area contributed by atoms with Crippen molar-refractivity contribution < 1.29 is 18.0 Å². The van der Waals surface area contributed by atoms with Crippen LogP contribution in [0, 0.1) is 0 Å². The molecule has 0 radical (unpaired) electrons. The fraction of sp³-hybridized carbons (Fsp3) is 0.147. The van der Waals surface area contributed by atoms with Crippen molar-refractivity contribution in [3.8, 4) is 0 Å². The summed E-state index contributed by atoms with van der Waals surface area (Å²) in [6, 6.07) is 27.2. The fourth-order valence-corrected chi connectivity index (χ4v) is 6.58. The second-order valence-electron chi connectivity index (χ2n) is 10.7. The third-order valence-electron chi connectivity index (χ3n) is 7.76. The van der Waals surface area contributed by atoms with E-state index in [2.05, 4.69) is 60.0 Å². The minimum absolute atomic E-state index is 0. The van der Waals surface area contributed by atoms with Crippen LogP contribution in [0.15, 0.2) is 100 Å². The topological polar surface area (TPSA) is 78.3 Å². The molecule has 228 valence electrons. The zero-order chi connectivity index (χ0) is 30.8. The molecule has 1 aliphatic rings. The number of nitrogens with zero attached hydrogens (tertiary/aromatic N) is 2. The maximum Gasteiger partial charge on any atom is 0.222 e. The van der Waals surface area contributed by atoms with E-state index in [1.54, 1.807) is 18.3 Å². The highest BCUT2D eigenvalue weighted by atomic mass is 79.9. The van der Waals surface area contributed by atoms with Crippen LogP contribution < -0.4 is 0 Å². The van der Waals surface area contributed by atoms with Crippen molar-refractivity contribution in [2.45, 2.75) is 18.9 Å². The lowest BCUT2D eigenvalue weighted by Gasteiger charge is -2.31. The third kappa shape index (κ3) is 6.91. The van der Waals surface area contributed by atoms with Gasteiger partial charge in [-0.3, -0.25) is 5.21 Å². The summed E-state index contributed by atoms with van der Waals surface area (Å²) in [5.41, 5.74) is 7.66. The monoisotopic (exact) mass is 759 g/mol. The van der Waals surface area contributed by atoms with E-state index in [0.29, 0.717) is 23.1 Å². The first-order valence-corrected chi connectivity index (χ1v) is 16.4. The normalized spacial score (nSPS) is 15.3. The van der Waals surface area contributed by atoms with Gasteiger partial charge in [-0.15, -0.1) is 0 Å². The first-order chi connectivity index (χ1) is 21.2. The van der Waals surface area contributed by atoms with Crippen LogP contribution in [0.25, 0.3) is 21.8 Å². The van der Waals surface area contributed by atoms with Crippen LogP contribution in [-0.2, 0) is 12.8 Å². The molecule has 44 heavy (non-hydrogen) atoms. The van der Waals surface area contributed by atoms with Gasteiger partial charge in [-0.25, -0.2) is 0 Å². The van der Waals surface area contributed by atoms with Crippen LogP contribution >= 0.6 is 55.1 Å². The van der Waals surface area contributed by atoms with Crippen molar-refractivity contribution in [1.29, 1.82) is 0 Å². The van der Waals surface area contributed by atoms with Gasteiger partial charge in [0, 0.05) is 74.1 Å². The van der Waals surface area contributed by atoms with Gasteiger partial charge < -0.3 is 15.2 Å². The van der Waals surface area contributed by atoms with E-state index in [1.165, 1.54) is 31.7 Å². The molecule has 3 heterocycles. The average Bonchev–Trinajstić information content (AvgIpc) is 3.58. The summed E-state index contributed by atoms with van der Waals surface area (Å²) in [6.07, 6.45) is 5.26. The van der Waals surface area contributed by atoms with Crippen LogP contribution in [0.5, 0.6) is 0 Å². The number of H-pyrrole nitrogens is 2. The first-order valence-electron chi connectivity index (χ1n) is 14.1. The van der Waals surface area contributed by atoms with Crippen molar-refractivity contribution >= 4 is 83.1 Å². The molecular weight excluding hydrogens is 727 g/mol. The Morgan fingerprint density at radius 3 is 2.23 bits per heavy atom. The Bertz CT molecular complexity index is 1960. The molecule has 0 spiro atoms. The highest BCUT2D eigenvalue weighted by molar-refractivity contribution is 9.10. The number of aromatic amines is 2. The van der Waals surface area contributed by atoms with E-state index in [0.717, 1.165) is 49.6 Å². The Hall–Kier alpha value is -3.11. The molecule has 0 bridgehead atoms. The zero-order valence-corrected chi connectivity index (χ0v) is 28.1. The Labute approximate surface area is 284 Å². The van der Waals surface area contributed by atoms with Gasteiger partial charge >= 0.3 is 0 Å². The van der Waals surface area contributed by atoms with Crippen LogP contribution in [0.4, 0.5) is 0 Å². The summed E-state index contributed by atoms with van der Waals surface area (Å²) in [5.74, 6) is 0. The number of hydroxylamine groups is 3. The van der Waals surface area contributed by atoms with E-state index < -0.39 is 0 Å². The molecule has 4 aromatic carbocycles. The molecule has 1 atom stereocenters. The number of halogens is 4. The Kier molecular flexibility index (Phi) is 9.47. The van der Waals surface area contributed by atoms with E-state index in [-0.39, 0.29) is 8.90 Å². The molecular formula is C34H33Br2Cl2N4O2+. The quantitative estimate of drug-likeness (QED) is 0.0612. The predicted octanol–water partition coefficient (Wildman–Crippen LogP) is 10.1. The van der Waals surface area contributed by atoms with Gasteiger partial charge in [-0.1, -0.05) is 67.2 Å². The maximum atomic E-state index is 10.4. The van der Waals surface area contributed by atoms with Crippen molar-refractivity contribution in [2.75, 3.05) is 13.1 Å². The lowest BCUT2D eigenvalue weighted by molar-refractivity contribution is -0.770. The minimum atomic E-state index is -0.188.